The molecule has 0 atom stereocenters. The van der Waals surface area contributed by atoms with E-state index in [0.717, 1.165) is 0 Å². The summed E-state index contributed by atoms with van der Waals surface area (Å²) in [5.74, 6) is 0. The minimum atomic E-state index is -2.30. The van der Waals surface area contributed by atoms with Gasteiger partial charge in [-0.25, -0.2) is 0 Å². The SMILES string of the molecule is CC1(C)c2ccccc2-c2ccc(-c3c4ccccc4c(-c4ccc5c(c4)C(C)(C)c4ccccc4-5)c4cc5c(cc34)-c3cc4c(cc3[Si]5(C)C)-c3ccccc3C43c4ccccc4-c4ccccc43)cc21. The van der Waals surface area contributed by atoms with Crippen molar-refractivity contribution in [3.8, 4) is 77.9 Å². The van der Waals surface area contributed by atoms with Gasteiger partial charge in [0.1, 0.15) is 8.07 Å². The molecule has 4 aliphatic carbocycles. The Hall–Kier alpha value is -7.84. The molecule has 0 saturated carbocycles. The molecule has 11 aromatic rings. The van der Waals surface area contributed by atoms with Crippen molar-refractivity contribution in [1.82, 2.24) is 0 Å². The summed E-state index contributed by atoms with van der Waals surface area (Å²) in [6.45, 7) is 14.9. The van der Waals surface area contributed by atoms with Gasteiger partial charge in [-0.1, -0.05) is 223 Å². The maximum Gasteiger partial charge on any atom is 0.113 e. The fourth-order valence-electron chi connectivity index (χ4n) is 15.3. The van der Waals surface area contributed by atoms with E-state index < -0.39 is 13.5 Å². The molecule has 0 unspecified atom stereocenters. The van der Waals surface area contributed by atoms with Gasteiger partial charge in [-0.3, -0.25) is 0 Å². The quantitative estimate of drug-likeness (QED) is 0.120. The molecule has 0 N–H and O–H groups in total. The molecule has 0 bridgehead atoms. The highest BCUT2D eigenvalue weighted by molar-refractivity contribution is 7.04. The van der Waals surface area contributed by atoms with Crippen molar-refractivity contribution < 1.29 is 0 Å². The molecule has 340 valence electrons. The second-order valence-electron chi connectivity index (χ2n) is 23.1. The highest BCUT2D eigenvalue weighted by Crippen LogP contribution is 2.63. The number of fused-ring (bicyclic) bond motifs is 21. The van der Waals surface area contributed by atoms with Crippen molar-refractivity contribution in [2.45, 2.75) is 57.0 Å². The molecule has 0 nitrogen and oxygen atoms in total. The zero-order valence-electron chi connectivity index (χ0n) is 41.6. The van der Waals surface area contributed by atoms with Crippen LogP contribution in [-0.2, 0) is 16.2 Å². The van der Waals surface area contributed by atoms with Gasteiger partial charge in [0, 0.05) is 10.8 Å². The Morgan fingerprint density at radius 2 is 0.625 bits per heavy atom. The third-order valence-corrected chi connectivity index (χ3v) is 22.2. The van der Waals surface area contributed by atoms with Crippen molar-refractivity contribution in [3.05, 3.63) is 251 Å². The van der Waals surface area contributed by atoms with Gasteiger partial charge in [0.05, 0.1) is 5.41 Å². The van der Waals surface area contributed by atoms with Crippen molar-refractivity contribution in [2.24, 2.45) is 0 Å². The lowest BCUT2D eigenvalue weighted by Gasteiger charge is -2.31. The maximum absolute atomic E-state index is 2.69. The Labute approximate surface area is 423 Å². The van der Waals surface area contributed by atoms with Gasteiger partial charge < -0.3 is 0 Å². The van der Waals surface area contributed by atoms with E-state index in [1.165, 1.54) is 149 Å². The topological polar surface area (TPSA) is 0 Å². The Kier molecular flexibility index (Phi) is 7.69. The first-order chi connectivity index (χ1) is 35.0. The minimum Gasteiger partial charge on any atom is -0.0619 e. The molecule has 16 rings (SSSR count). The van der Waals surface area contributed by atoms with Crippen LogP contribution in [0, 0.1) is 0 Å². The van der Waals surface area contributed by atoms with Crippen LogP contribution in [0.1, 0.15) is 72.2 Å². The summed E-state index contributed by atoms with van der Waals surface area (Å²) in [6.07, 6.45) is 0. The van der Waals surface area contributed by atoms with Gasteiger partial charge in [0.15, 0.2) is 0 Å². The zero-order valence-corrected chi connectivity index (χ0v) is 42.6. The fourth-order valence-corrected chi connectivity index (χ4v) is 18.4. The summed E-state index contributed by atoms with van der Waals surface area (Å²) in [7, 11) is -2.30. The van der Waals surface area contributed by atoms with Crippen LogP contribution >= 0.6 is 0 Å². The number of rotatable bonds is 2. The van der Waals surface area contributed by atoms with Crippen LogP contribution < -0.4 is 10.4 Å². The molecule has 0 amide bonds. The molecule has 1 heteroatoms. The third kappa shape index (κ3) is 4.80. The lowest BCUT2D eigenvalue weighted by atomic mass is 9.70. The molecule has 5 aliphatic rings. The Balaban J connectivity index is 1.01. The zero-order chi connectivity index (χ0) is 48.2. The highest BCUT2D eigenvalue weighted by Gasteiger charge is 2.53. The minimum absolute atomic E-state index is 0.114. The molecule has 0 saturated heterocycles. The average Bonchev–Trinajstić information content (AvgIpc) is 4.09. The molecule has 72 heavy (non-hydrogen) atoms. The molecule has 0 aromatic heterocycles. The summed E-state index contributed by atoms with van der Waals surface area (Å²) in [5, 5.41) is 8.35. The summed E-state index contributed by atoms with van der Waals surface area (Å²) < 4.78 is 0. The third-order valence-electron chi connectivity index (χ3n) is 18.7. The van der Waals surface area contributed by atoms with E-state index >= 15 is 0 Å². The first kappa shape index (κ1) is 40.8. The molecular formula is C71H52Si. The van der Waals surface area contributed by atoms with Crippen molar-refractivity contribution in [2.75, 3.05) is 0 Å². The van der Waals surface area contributed by atoms with Gasteiger partial charge >= 0.3 is 0 Å². The van der Waals surface area contributed by atoms with Crippen molar-refractivity contribution in [1.29, 1.82) is 0 Å². The van der Waals surface area contributed by atoms with Crippen LogP contribution in [0.25, 0.3) is 99.4 Å². The standard InChI is InChI=1S/C71H52Si/c1-69(2)57-26-14-9-19-43(57)48-33-31-41(35-62(48)69)67-50-24-7-8-25-51(50)68(42-32-34-49-44-20-10-15-27-58(44)70(3,4)63(49)36-42)56-40-66-53(37-55(56)67)54-38-64-52(39-65(54)72(66,5)6)47-23-13-18-30-61(47)71(64)59-28-16-11-21-45(59)46-22-12-17-29-60(46)71/h7-40H,1-6H3. The van der Waals surface area contributed by atoms with Gasteiger partial charge in [0.2, 0.25) is 0 Å². The van der Waals surface area contributed by atoms with Crippen LogP contribution in [0.4, 0.5) is 0 Å². The molecule has 0 fully saturated rings. The van der Waals surface area contributed by atoms with Gasteiger partial charge in [0.25, 0.3) is 0 Å². The Morgan fingerprint density at radius 1 is 0.264 bits per heavy atom. The van der Waals surface area contributed by atoms with Crippen LogP contribution in [-0.4, -0.2) is 8.07 Å². The average molecular weight is 933 g/mol. The normalized spacial score (nSPS) is 16.4. The van der Waals surface area contributed by atoms with E-state index in [0.29, 0.717) is 0 Å². The lowest BCUT2D eigenvalue weighted by Crippen LogP contribution is -2.49. The number of hydrogen-bond donors (Lipinski definition) is 0. The molecule has 1 spiro atoms. The molecule has 0 radical (unpaired) electrons. The van der Waals surface area contributed by atoms with Crippen molar-refractivity contribution >= 4 is 40.0 Å². The highest BCUT2D eigenvalue weighted by atomic mass is 28.3. The predicted molar refractivity (Wildman–Crippen MR) is 306 cm³/mol. The van der Waals surface area contributed by atoms with Crippen LogP contribution in [0.5, 0.6) is 0 Å². The molecule has 1 aliphatic heterocycles. The van der Waals surface area contributed by atoms with E-state index in [4.69, 9.17) is 0 Å². The Bertz CT molecular complexity index is 4260. The van der Waals surface area contributed by atoms with E-state index in [-0.39, 0.29) is 10.8 Å². The van der Waals surface area contributed by atoms with Gasteiger partial charge in [-0.2, -0.15) is 0 Å². The van der Waals surface area contributed by atoms with Gasteiger partial charge in [-0.15, -0.1) is 0 Å². The lowest BCUT2D eigenvalue weighted by molar-refractivity contribution is 0.660. The number of benzene rings is 11. The Morgan fingerprint density at radius 3 is 1.11 bits per heavy atom. The largest absolute Gasteiger partial charge is 0.113 e. The summed E-state index contributed by atoms with van der Waals surface area (Å²) in [6, 6.07) is 80.6. The monoisotopic (exact) mass is 932 g/mol. The van der Waals surface area contributed by atoms with E-state index in [2.05, 4.69) is 247 Å². The van der Waals surface area contributed by atoms with Crippen LogP contribution in [0.3, 0.4) is 0 Å². The number of hydrogen-bond acceptors (Lipinski definition) is 0. The molecule has 1 heterocycles. The predicted octanol–water partition coefficient (Wildman–Crippen LogP) is 17.1. The summed E-state index contributed by atoms with van der Waals surface area (Å²) in [5.41, 5.74) is 29.6. The van der Waals surface area contributed by atoms with E-state index in [1.807, 2.05) is 0 Å². The molecule has 11 aromatic carbocycles. The fraction of sp³-hybridized carbons (Fsp3) is 0.127. The first-order valence-electron chi connectivity index (χ1n) is 26.0. The molecular weight excluding hydrogens is 881 g/mol. The summed E-state index contributed by atoms with van der Waals surface area (Å²) >= 11 is 0. The maximum atomic E-state index is 2.69. The van der Waals surface area contributed by atoms with E-state index in [9.17, 15) is 0 Å². The summed E-state index contributed by atoms with van der Waals surface area (Å²) in [4.78, 5) is 0. The van der Waals surface area contributed by atoms with Crippen LogP contribution in [0.15, 0.2) is 206 Å². The van der Waals surface area contributed by atoms with Crippen molar-refractivity contribution in [3.63, 3.8) is 0 Å². The first-order valence-corrected chi connectivity index (χ1v) is 29.0. The second-order valence-corrected chi connectivity index (χ2v) is 27.4. The smallest absolute Gasteiger partial charge is 0.0619 e. The van der Waals surface area contributed by atoms with E-state index in [1.54, 1.807) is 5.19 Å². The second kappa shape index (κ2) is 13.6. The van der Waals surface area contributed by atoms with Crippen LogP contribution in [0.2, 0.25) is 13.1 Å². The van der Waals surface area contributed by atoms with Gasteiger partial charge in [-0.05, 0) is 179 Å².